The van der Waals surface area contributed by atoms with E-state index in [1.54, 1.807) is 55.6 Å². The third kappa shape index (κ3) is 3.98. The van der Waals surface area contributed by atoms with Gasteiger partial charge in [-0.3, -0.25) is 4.79 Å². The van der Waals surface area contributed by atoms with Crippen LogP contribution in [0, 0.1) is 0 Å². The molecule has 6 nitrogen and oxygen atoms in total. The van der Waals surface area contributed by atoms with Gasteiger partial charge in [-0.05, 0) is 49.4 Å². The van der Waals surface area contributed by atoms with E-state index in [4.69, 9.17) is 14.2 Å². The SMILES string of the molecule is CCOC(=O)c1ccc(NC=CC(=O)c2ccc3c(c2)OCO3)cc1. The first-order chi connectivity index (χ1) is 12.2. The Balaban J connectivity index is 1.59. The Kier molecular flexibility index (Phi) is 4.99. The maximum absolute atomic E-state index is 12.2. The Bertz CT molecular complexity index is 811. The summed E-state index contributed by atoms with van der Waals surface area (Å²) in [5.74, 6) is 0.693. The first-order valence-electron chi connectivity index (χ1n) is 7.81. The molecule has 25 heavy (non-hydrogen) atoms. The zero-order valence-electron chi connectivity index (χ0n) is 13.7. The molecule has 0 aliphatic carbocycles. The molecule has 0 saturated heterocycles. The van der Waals surface area contributed by atoms with Gasteiger partial charge in [0, 0.05) is 23.5 Å². The highest BCUT2D eigenvalue weighted by Gasteiger charge is 2.15. The van der Waals surface area contributed by atoms with Crippen molar-refractivity contribution in [1.29, 1.82) is 0 Å². The van der Waals surface area contributed by atoms with E-state index < -0.39 is 0 Å². The number of carbonyl (C=O) groups excluding carboxylic acids is 2. The molecule has 0 aromatic heterocycles. The molecule has 3 rings (SSSR count). The molecule has 2 aromatic rings. The second-order valence-electron chi connectivity index (χ2n) is 5.21. The quantitative estimate of drug-likeness (QED) is 0.494. The highest BCUT2D eigenvalue weighted by atomic mass is 16.7. The second-order valence-corrected chi connectivity index (χ2v) is 5.21. The van der Waals surface area contributed by atoms with E-state index >= 15 is 0 Å². The number of esters is 1. The summed E-state index contributed by atoms with van der Waals surface area (Å²) in [7, 11) is 0. The number of anilines is 1. The van der Waals surface area contributed by atoms with Gasteiger partial charge < -0.3 is 19.5 Å². The standard InChI is InChI=1S/C19H17NO5/c1-2-23-19(22)13-3-6-15(7-4-13)20-10-9-16(21)14-5-8-17-18(11-14)25-12-24-17/h3-11,20H,2,12H2,1H3. The van der Waals surface area contributed by atoms with Crippen LogP contribution in [0.3, 0.4) is 0 Å². The third-order valence-electron chi connectivity index (χ3n) is 3.54. The van der Waals surface area contributed by atoms with Crippen LogP contribution in [-0.2, 0) is 4.74 Å². The summed E-state index contributed by atoms with van der Waals surface area (Å²) < 4.78 is 15.4. The first-order valence-corrected chi connectivity index (χ1v) is 7.81. The lowest BCUT2D eigenvalue weighted by molar-refractivity contribution is 0.0526. The van der Waals surface area contributed by atoms with Gasteiger partial charge in [-0.1, -0.05) is 0 Å². The maximum atomic E-state index is 12.2. The van der Waals surface area contributed by atoms with E-state index in [0.717, 1.165) is 5.69 Å². The van der Waals surface area contributed by atoms with Crippen LogP contribution >= 0.6 is 0 Å². The molecule has 0 bridgehead atoms. The Labute approximate surface area is 145 Å². The average Bonchev–Trinajstić information content (AvgIpc) is 3.10. The van der Waals surface area contributed by atoms with Crippen LogP contribution in [0.15, 0.2) is 54.7 Å². The number of ketones is 1. The van der Waals surface area contributed by atoms with Crippen molar-refractivity contribution in [3.63, 3.8) is 0 Å². The number of hydrogen-bond donors (Lipinski definition) is 1. The minimum Gasteiger partial charge on any atom is -0.462 e. The van der Waals surface area contributed by atoms with Crippen molar-refractivity contribution >= 4 is 17.4 Å². The molecule has 1 aliphatic rings. The van der Waals surface area contributed by atoms with Crippen LogP contribution < -0.4 is 14.8 Å². The number of ether oxygens (including phenoxy) is 3. The van der Waals surface area contributed by atoms with Crippen LogP contribution in [-0.4, -0.2) is 25.2 Å². The molecular weight excluding hydrogens is 322 g/mol. The number of nitrogens with one attached hydrogen (secondary N) is 1. The van der Waals surface area contributed by atoms with E-state index in [2.05, 4.69) is 5.32 Å². The predicted octanol–water partition coefficient (Wildman–Crippen LogP) is 3.40. The van der Waals surface area contributed by atoms with Gasteiger partial charge in [-0.2, -0.15) is 0 Å². The fourth-order valence-corrected chi connectivity index (χ4v) is 2.28. The first kappa shape index (κ1) is 16.6. The molecule has 6 heteroatoms. The van der Waals surface area contributed by atoms with E-state index in [9.17, 15) is 9.59 Å². The van der Waals surface area contributed by atoms with Crippen LogP contribution in [0.4, 0.5) is 5.69 Å². The predicted molar refractivity (Wildman–Crippen MR) is 92.1 cm³/mol. The Morgan fingerprint density at radius 1 is 1.08 bits per heavy atom. The normalized spacial score (nSPS) is 12.2. The monoisotopic (exact) mass is 339 g/mol. The van der Waals surface area contributed by atoms with Crippen molar-refractivity contribution < 1.29 is 23.8 Å². The number of fused-ring (bicyclic) bond motifs is 1. The molecule has 1 aliphatic heterocycles. The summed E-state index contributed by atoms with van der Waals surface area (Å²) in [5, 5.41) is 2.99. The van der Waals surface area contributed by atoms with Crippen LogP contribution in [0.2, 0.25) is 0 Å². The summed E-state index contributed by atoms with van der Waals surface area (Å²) in [6.07, 6.45) is 2.98. The van der Waals surface area contributed by atoms with E-state index in [0.29, 0.717) is 29.2 Å². The minimum absolute atomic E-state index is 0.158. The lowest BCUT2D eigenvalue weighted by Crippen LogP contribution is -2.04. The summed E-state index contributed by atoms with van der Waals surface area (Å²) in [5.41, 5.74) is 1.75. The number of rotatable bonds is 6. The highest BCUT2D eigenvalue weighted by Crippen LogP contribution is 2.32. The Morgan fingerprint density at radius 3 is 2.56 bits per heavy atom. The van der Waals surface area contributed by atoms with Gasteiger partial charge in [0.15, 0.2) is 17.3 Å². The van der Waals surface area contributed by atoms with Crippen LogP contribution in [0.1, 0.15) is 27.6 Å². The van der Waals surface area contributed by atoms with E-state index in [1.165, 1.54) is 6.08 Å². The fourth-order valence-electron chi connectivity index (χ4n) is 2.28. The molecule has 128 valence electrons. The van der Waals surface area contributed by atoms with Gasteiger partial charge in [0.1, 0.15) is 0 Å². The average molecular weight is 339 g/mol. The summed E-state index contributed by atoms with van der Waals surface area (Å²) in [6, 6.07) is 11.9. The molecule has 0 atom stereocenters. The lowest BCUT2D eigenvalue weighted by atomic mass is 10.1. The number of hydrogen-bond acceptors (Lipinski definition) is 6. The molecule has 0 fully saturated rings. The summed E-state index contributed by atoms with van der Waals surface area (Å²) >= 11 is 0. The molecule has 0 unspecified atom stereocenters. The van der Waals surface area contributed by atoms with E-state index in [1.807, 2.05) is 0 Å². The van der Waals surface area contributed by atoms with Crippen molar-refractivity contribution in [1.82, 2.24) is 0 Å². The van der Waals surface area contributed by atoms with Crippen molar-refractivity contribution in [2.75, 3.05) is 18.7 Å². The lowest BCUT2D eigenvalue weighted by Gasteiger charge is -2.04. The second kappa shape index (κ2) is 7.53. The smallest absolute Gasteiger partial charge is 0.338 e. The molecular formula is C19H17NO5. The van der Waals surface area contributed by atoms with Gasteiger partial charge in [0.2, 0.25) is 6.79 Å². The molecule has 1 N–H and O–H groups in total. The van der Waals surface area contributed by atoms with E-state index in [-0.39, 0.29) is 18.5 Å². The van der Waals surface area contributed by atoms with Crippen LogP contribution in [0.25, 0.3) is 0 Å². The molecule has 0 radical (unpaired) electrons. The molecule has 2 aromatic carbocycles. The van der Waals surface area contributed by atoms with Gasteiger partial charge in [-0.25, -0.2) is 4.79 Å². The van der Waals surface area contributed by atoms with Crippen molar-refractivity contribution in [2.45, 2.75) is 6.92 Å². The van der Waals surface area contributed by atoms with Crippen LogP contribution in [0.5, 0.6) is 11.5 Å². The molecule has 0 spiro atoms. The van der Waals surface area contributed by atoms with Gasteiger partial charge in [0.05, 0.1) is 12.2 Å². The number of carbonyl (C=O) groups is 2. The summed E-state index contributed by atoms with van der Waals surface area (Å²) in [4.78, 5) is 23.7. The van der Waals surface area contributed by atoms with Crippen molar-refractivity contribution in [3.05, 3.63) is 65.9 Å². The zero-order chi connectivity index (χ0) is 17.6. The zero-order valence-corrected chi connectivity index (χ0v) is 13.7. The number of allylic oxidation sites excluding steroid dienone is 1. The third-order valence-corrected chi connectivity index (χ3v) is 3.54. The fraction of sp³-hybridized carbons (Fsp3) is 0.158. The topological polar surface area (TPSA) is 73.9 Å². The molecule has 0 amide bonds. The van der Waals surface area contributed by atoms with Crippen molar-refractivity contribution in [3.8, 4) is 11.5 Å². The Morgan fingerprint density at radius 2 is 1.80 bits per heavy atom. The molecule has 1 heterocycles. The van der Waals surface area contributed by atoms with Gasteiger partial charge >= 0.3 is 5.97 Å². The maximum Gasteiger partial charge on any atom is 0.338 e. The highest BCUT2D eigenvalue weighted by molar-refractivity contribution is 6.05. The minimum atomic E-state index is -0.359. The summed E-state index contributed by atoms with van der Waals surface area (Å²) in [6.45, 7) is 2.27. The number of benzene rings is 2. The Hall–Kier alpha value is -3.28. The van der Waals surface area contributed by atoms with Gasteiger partial charge in [-0.15, -0.1) is 0 Å². The van der Waals surface area contributed by atoms with Crippen molar-refractivity contribution in [2.24, 2.45) is 0 Å². The largest absolute Gasteiger partial charge is 0.462 e. The van der Waals surface area contributed by atoms with Gasteiger partial charge in [0.25, 0.3) is 0 Å². The molecule has 0 saturated carbocycles.